The van der Waals surface area contributed by atoms with Crippen molar-refractivity contribution >= 4 is 41.2 Å². The van der Waals surface area contributed by atoms with E-state index in [-0.39, 0.29) is 6.04 Å². The first-order valence-electron chi connectivity index (χ1n) is 7.90. The Morgan fingerprint density at radius 1 is 1.00 bits per heavy atom. The Kier molecular flexibility index (Phi) is 2.80. The molecule has 1 aliphatic carbocycles. The SMILES string of the molecule is [B]C1=NC2C=CC=CC2=C(c2ccc3oc4ccccc4c3c2)N1. The number of aliphatic imine (C=N–C) groups is 1. The molecule has 3 nitrogen and oxygen atoms in total. The first-order valence-corrected chi connectivity index (χ1v) is 7.90. The molecule has 0 fully saturated rings. The second kappa shape index (κ2) is 5.00. The molecule has 0 saturated carbocycles. The largest absolute Gasteiger partial charge is 0.456 e. The summed E-state index contributed by atoms with van der Waals surface area (Å²) >= 11 is 0. The van der Waals surface area contributed by atoms with Crippen molar-refractivity contribution in [1.82, 2.24) is 5.32 Å². The first kappa shape index (κ1) is 13.4. The van der Waals surface area contributed by atoms with Crippen molar-refractivity contribution in [2.75, 3.05) is 0 Å². The summed E-state index contributed by atoms with van der Waals surface area (Å²) in [6.07, 6.45) is 8.16. The fraction of sp³-hybridized carbons (Fsp3) is 0.0500. The van der Waals surface area contributed by atoms with Gasteiger partial charge < -0.3 is 9.73 Å². The molecule has 2 radical (unpaired) electrons. The van der Waals surface area contributed by atoms with Crippen LogP contribution in [0.4, 0.5) is 0 Å². The number of para-hydroxylation sites is 1. The number of fused-ring (bicyclic) bond motifs is 4. The molecule has 3 aromatic rings. The number of allylic oxidation sites excluding steroid dienone is 2. The van der Waals surface area contributed by atoms with Crippen molar-refractivity contribution in [2.45, 2.75) is 6.04 Å². The molecule has 5 rings (SSSR count). The van der Waals surface area contributed by atoms with Crippen LogP contribution in [0.5, 0.6) is 0 Å². The van der Waals surface area contributed by atoms with Gasteiger partial charge in [-0.2, -0.15) is 0 Å². The van der Waals surface area contributed by atoms with Gasteiger partial charge in [0.1, 0.15) is 11.2 Å². The number of amidine groups is 1. The molecule has 0 spiro atoms. The quantitative estimate of drug-likeness (QED) is 0.692. The predicted molar refractivity (Wildman–Crippen MR) is 99.0 cm³/mol. The van der Waals surface area contributed by atoms with Crippen molar-refractivity contribution in [3.05, 3.63) is 77.9 Å². The molecule has 0 bridgehead atoms. The molecule has 1 aliphatic heterocycles. The first-order chi connectivity index (χ1) is 11.8. The average molecular weight is 308 g/mol. The van der Waals surface area contributed by atoms with Crippen molar-refractivity contribution in [3.8, 4) is 0 Å². The monoisotopic (exact) mass is 308 g/mol. The lowest BCUT2D eigenvalue weighted by atomic mass is 9.92. The lowest BCUT2D eigenvalue weighted by Crippen LogP contribution is -2.31. The smallest absolute Gasteiger partial charge is 0.166 e. The summed E-state index contributed by atoms with van der Waals surface area (Å²) < 4.78 is 5.91. The van der Waals surface area contributed by atoms with E-state index in [1.807, 2.05) is 36.4 Å². The zero-order valence-corrected chi connectivity index (χ0v) is 12.9. The van der Waals surface area contributed by atoms with Gasteiger partial charge in [0, 0.05) is 22.1 Å². The third-order valence-electron chi connectivity index (χ3n) is 4.48. The lowest BCUT2D eigenvalue weighted by molar-refractivity contribution is 0.669. The van der Waals surface area contributed by atoms with Crippen LogP contribution < -0.4 is 5.32 Å². The van der Waals surface area contributed by atoms with Crippen LogP contribution in [0, 0.1) is 0 Å². The summed E-state index contributed by atoms with van der Waals surface area (Å²) in [5, 5.41) is 5.45. The highest BCUT2D eigenvalue weighted by molar-refractivity contribution is 6.60. The molecule has 0 amide bonds. The summed E-state index contributed by atoms with van der Waals surface area (Å²) in [6, 6.07) is 14.3. The van der Waals surface area contributed by atoms with Crippen LogP contribution in [0.15, 0.2) is 81.8 Å². The van der Waals surface area contributed by atoms with E-state index in [1.165, 1.54) is 0 Å². The van der Waals surface area contributed by atoms with Gasteiger partial charge in [-0.15, -0.1) is 0 Å². The highest BCUT2D eigenvalue weighted by Crippen LogP contribution is 2.33. The van der Waals surface area contributed by atoms with Gasteiger partial charge in [0.25, 0.3) is 0 Å². The van der Waals surface area contributed by atoms with Gasteiger partial charge in [0.15, 0.2) is 7.85 Å². The Balaban J connectivity index is 1.74. The minimum absolute atomic E-state index is 0.0250. The molecule has 2 aromatic carbocycles. The van der Waals surface area contributed by atoms with E-state index in [4.69, 9.17) is 12.3 Å². The summed E-state index contributed by atoms with van der Waals surface area (Å²) in [4.78, 5) is 4.45. The number of hydrogen-bond donors (Lipinski definition) is 1. The van der Waals surface area contributed by atoms with Crippen LogP contribution in [0.3, 0.4) is 0 Å². The van der Waals surface area contributed by atoms with E-state index in [9.17, 15) is 0 Å². The number of benzene rings is 2. The predicted octanol–water partition coefficient (Wildman–Crippen LogP) is 3.92. The summed E-state index contributed by atoms with van der Waals surface area (Å²) in [6.45, 7) is 0. The maximum absolute atomic E-state index is 5.98. The van der Waals surface area contributed by atoms with Gasteiger partial charge >= 0.3 is 0 Å². The fourth-order valence-electron chi connectivity index (χ4n) is 3.38. The van der Waals surface area contributed by atoms with E-state index in [0.717, 1.165) is 38.8 Å². The molecular weight excluding hydrogens is 295 g/mol. The van der Waals surface area contributed by atoms with E-state index in [2.05, 4.69) is 40.7 Å². The molecule has 1 aromatic heterocycles. The van der Waals surface area contributed by atoms with Gasteiger partial charge in [-0.25, -0.2) is 0 Å². The van der Waals surface area contributed by atoms with Crippen LogP contribution in [0.1, 0.15) is 5.56 Å². The van der Waals surface area contributed by atoms with Gasteiger partial charge in [-0.05, 0) is 29.8 Å². The molecule has 24 heavy (non-hydrogen) atoms. The molecule has 2 heterocycles. The lowest BCUT2D eigenvalue weighted by Gasteiger charge is -2.26. The number of furan rings is 1. The maximum Gasteiger partial charge on any atom is 0.166 e. The molecule has 0 saturated heterocycles. The third kappa shape index (κ3) is 1.96. The second-order valence-corrected chi connectivity index (χ2v) is 5.97. The fourth-order valence-corrected chi connectivity index (χ4v) is 3.38. The van der Waals surface area contributed by atoms with E-state index in [1.54, 1.807) is 0 Å². The topological polar surface area (TPSA) is 37.5 Å². The van der Waals surface area contributed by atoms with Crippen molar-refractivity contribution in [3.63, 3.8) is 0 Å². The van der Waals surface area contributed by atoms with Gasteiger partial charge in [-0.3, -0.25) is 4.99 Å². The zero-order valence-electron chi connectivity index (χ0n) is 12.9. The Labute approximate surface area is 140 Å². The van der Waals surface area contributed by atoms with Crippen LogP contribution in [-0.4, -0.2) is 19.6 Å². The Bertz CT molecular complexity index is 1100. The van der Waals surface area contributed by atoms with Gasteiger partial charge in [0.05, 0.1) is 11.7 Å². The Hall–Kier alpha value is -3.01. The summed E-state index contributed by atoms with van der Waals surface area (Å²) in [5.74, 6) is 0. The van der Waals surface area contributed by atoms with E-state index >= 15 is 0 Å². The standard InChI is InChI=1S/C20H13BN2O/c21-20-22-16-7-3-1-6-14(16)19(23-20)12-9-10-18-15(11-12)13-5-2-4-8-17(13)24-18/h1-11,16H,(H,22,23). The number of nitrogens with zero attached hydrogens (tertiary/aromatic N) is 1. The van der Waals surface area contributed by atoms with Crippen LogP contribution in [0.25, 0.3) is 27.6 Å². The molecule has 1 unspecified atom stereocenters. The number of hydrogen-bond acceptors (Lipinski definition) is 3. The van der Waals surface area contributed by atoms with Crippen molar-refractivity contribution in [2.24, 2.45) is 4.99 Å². The van der Waals surface area contributed by atoms with Crippen LogP contribution in [0.2, 0.25) is 0 Å². The molecule has 1 N–H and O–H groups in total. The molecule has 112 valence electrons. The Morgan fingerprint density at radius 2 is 1.88 bits per heavy atom. The summed E-state index contributed by atoms with van der Waals surface area (Å²) in [5.41, 5.74) is 5.43. The van der Waals surface area contributed by atoms with Crippen molar-refractivity contribution in [1.29, 1.82) is 0 Å². The molecule has 4 heteroatoms. The second-order valence-electron chi connectivity index (χ2n) is 5.97. The van der Waals surface area contributed by atoms with Gasteiger partial charge in [0.2, 0.25) is 0 Å². The number of nitrogens with one attached hydrogen (secondary N) is 1. The zero-order chi connectivity index (χ0) is 16.1. The Morgan fingerprint density at radius 3 is 2.83 bits per heavy atom. The minimum atomic E-state index is -0.0250. The normalized spacial score (nSPS) is 19.5. The molecular formula is C20H13BN2O. The molecule has 2 aliphatic rings. The summed E-state index contributed by atoms with van der Waals surface area (Å²) in [7, 11) is 5.98. The molecule has 1 atom stereocenters. The van der Waals surface area contributed by atoms with E-state index in [0.29, 0.717) is 5.73 Å². The van der Waals surface area contributed by atoms with Crippen LogP contribution in [-0.2, 0) is 0 Å². The third-order valence-corrected chi connectivity index (χ3v) is 4.48. The van der Waals surface area contributed by atoms with E-state index < -0.39 is 0 Å². The average Bonchev–Trinajstić information content (AvgIpc) is 2.99. The van der Waals surface area contributed by atoms with Gasteiger partial charge in [-0.1, -0.05) is 42.5 Å². The van der Waals surface area contributed by atoms with Crippen molar-refractivity contribution < 1.29 is 4.42 Å². The van der Waals surface area contributed by atoms with Crippen LogP contribution >= 0.6 is 0 Å². The maximum atomic E-state index is 5.98. The highest BCUT2D eigenvalue weighted by Gasteiger charge is 2.21. The minimum Gasteiger partial charge on any atom is -0.456 e. The number of rotatable bonds is 1. The highest BCUT2D eigenvalue weighted by atomic mass is 16.3.